The van der Waals surface area contributed by atoms with Gasteiger partial charge in [-0.1, -0.05) is 12.1 Å². The van der Waals surface area contributed by atoms with E-state index in [4.69, 9.17) is 5.26 Å². The third-order valence-corrected chi connectivity index (χ3v) is 1.71. The highest BCUT2D eigenvalue weighted by molar-refractivity contribution is 5.79. The van der Waals surface area contributed by atoms with Crippen LogP contribution in [0.1, 0.15) is 5.56 Å². The second-order valence-electron chi connectivity index (χ2n) is 2.86. The van der Waals surface area contributed by atoms with E-state index in [1.165, 1.54) is 30.5 Å². The molecule has 0 spiro atoms. The number of hydrogen-bond donors (Lipinski definition) is 1. The number of carbonyl (C=O) groups is 1. The van der Waals surface area contributed by atoms with Crippen molar-refractivity contribution in [1.82, 2.24) is 5.32 Å². The molecule has 6 heteroatoms. The molecule has 0 unspecified atom stereocenters. The lowest BCUT2D eigenvalue weighted by atomic mass is 10.1. The summed E-state index contributed by atoms with van der Waals surface area (Å²) in [6.45, 7) is -2.87. The van der Waals surface area contributed by atoms with Crippen LogP contribution in [0.3, 0.4) is 0 Å². The molecule has 0 heterocycles. The van der Waals surface area contributed by atoms with Gasteiger partial charge in [0.25, 0.3) is 0 Å². The molecule has 0 fully saturated rings. The molecule has 1 N–H and O–H groups in total. The van der Waals surface area contributed by atoms with E-state index >= 15 is 0 Å². The first kappa shape index (κ1) is 11.9. The van der Waals surface area contributed by atoms with Gasteiger partial charge in [0.15, 0.2) is 6.19 Å². The number of hydrogen-bond acceptors (Lipinski definition) is 3. The molecule has 0 radical (unpaired) electrons. The van der Waals surface area contributed by atoms with Gasteiger partial charge >= 0.3 is 6.61 Å². The van der Waals surface area contributed by atoms with Crippen molar-refractivity contribution in [3.63, 3.8) is 0 Å². The molecule has 1 amide bonds. The maximum Gasteiger partial charge on any atom is 0.387 e. The number of nitriles is 1. The maximum atomic E-state index is 11.8. The van der Waals surface area contributed by atoms with E-state index in [1.807, 2.05) is 5.32 Å². The van der Waals surface area contributed by atoms with E-state index in [0.29, 0.717) is 5.56 Å². The number of nitrogens with zero attached hydrogens (tertiary/aromatic N) is 1. The Bertz CT molecular complexity index is 398. The number of halogens is 2. The highest BCUT2D eigenvalue weighted by atomic mass is 19.3. The second kappa shape index (κ2) is 5.66. The van der Waals surface area contributed by atoms with Crippen LogP contribution < -0.4 is 10.1 Å². The number of carbonyl (C=O) groups excluding carboxylic acids is 1. The Morgan fingerprint density at radius 3 is 2.56 bits per heavy atom. The molecule has 0 aliphatic carbocycles. The van der Waals surface area contributed by atoms with Crippen LogP contribution in [0.5, 0.6) is 5.75 Å². The zero-order valence-electron chi connectivity index (χ0n) is 8.11. The number of rotatable bonds is 4. The molecule has 84 valence electrons. The van der Waals surface area contributed by atoms with E-state index in [2.05, 4.69) is 4.74 Å². The molecule has 0 aliphatic rings. The molecular weight excluding hydrogens is 218 g/mol. The molecule has 0 aliphatic heterocycles. The minimum Gasteiger partial charge on any atom is -0.435 e. The summed E-state index contributed by atoms with van der Waals surface area (Å²) in [6.07, 6.45) is 1.52. The van der Waals surface area contributed by atoms with Crippen molar-refractivity contribution in [3.8, 4) is 11.9 Å². The van der Waals surface area contributed by atoms with E-state index in [-0.39, 0.29) is 12.2 Å². The van der Waals surface area contributed by atoms with Crippen LogP contribution in [0.2, 0.25) is 0 Å². The van der Waals surface area contributed by atoms with Gasteiger partial charge in [-0.25, -0.2) is 0 Å². The average Bonchev–Trinajstić information content (AvgIpc) is 2.20. The zero-order valence-corrected chi connectivity index (χ0v) is 8.11. The van der Waals surface area contributed by atoms with E-state index in [1.54, 1.807) is 0 Å². The minimum atomic E-state index is -2.87. The Hall–Kier alpha value is -2.16. The molecule has 1 aromatic rings. The van der Waals surface area contributed by atoms with Crippen molar-refractivity contribution in [2.75, 3.05) is 0 Å². The molecule has 0 saturated heterocycles. The summed E-state index contributed by atoms with van der Waals surface area (Å²) < 4.78 is 27.8. The van der Waals surface area contributed by atoms with Crippen molar-refractivity contribution in [1.29, 1.82) is 5.26 Å². The predicted molar refractivity (Wildman–Crippen MR) is 50.5 cm³/mol. The first-order valence-corrected chi connectivity index (χ1v) is 4.33. The van der Waals surface area contributed by atoms with Gasteiger partial charge in [-0.3, -0.25) is 10.1 Å². The monoisotopic (exact) mass is 226 g/mol. The molecule has 0 aromatic heterocycles. The molecule has 1 rings (SSSR count). The Morgan fingerprint density at radius 2 is 2.06 bits per heavy atom. The molecule has 0 saturated carbocycles. The third kappa shape index (κ3) is 3.92. The predicted octanol–water partition coefficient (Wildman–Crippen LogP) is 1.43. The fraction of sp³-hybridized carbons (Fsp3) is 0.200. The van der Waals surface area contributed by atoms with Crippen molar-refractivity contribution < 1.29 is 18.3 Å². The fourth-order valence-corrected chi connectivity index (χ4v) is 1.08. The van der Waals surface area contributed by atoms with Crippen molar-refractivity contribution in [3.05, 3.63) is 29.8 Å². The minimum absolute atomic E-state index is 0.0164. The van der Waals surface area contributed by atoms with E-state index in [0.717, 1.165) is 0 Å². The Labute approximate surface area is 90.4 Å². The number of nitrogens with one attached hydrogen (secondary N) is 1. The summed E-state index contributed by atoms with van der Waals surface area (Å²) in [5, 5.41) is 10.1. The number of amides is 1. The van der Waals surface area contributed by atoms with Gasteiger partial charge in [0.2, 0.25) is 5.91 Å². The summed E-state index contributed by atoms with van der Waals surface area (Å²) in [5.74, 6) is -0.426. The lowest BCUT2D eigenvalue weighted by Crippen LogP contribution is -2.19. The summed E-state index contributed by atoms with van der Waals surface area (Å²) >= 11 is 0. The van der Waals surface area contributed by atoms with Crippen LogP contribution in [-0.4, -0.2) is 12.5 Å². The normalized spacial score (nSPS) is 9.62. The number of ether oxygens (including phenoxy) is 1. The summed E-state index contributed by atoms with van der Waals surface area (Å²) in [7, 11) is 0. The molecular formula is C10H8F2N2O2. The lowest BCUT2D eigenvalue weighted by molar-refractivity contribution is -0.119. The van der Waals surface area contributed by atoms with Crippen molar-refractivity contribution >= 4 is 5.91 Å². The summed E-state index contributed by atoms with van der Waals surface area (Å²) in [6, 6.07) is 5.63. The lowest BCUT2D eigenvalue weighted by Gasteiger charge is -2.04. The van der Waals surface area contributed by atoms with Gasteiger partial charge in [-0.05, 0) is 17.7 Å². The third-order valence-electron chi connectivity index (χ3n) is 1.71. The van der Waals surface area contributed by atoms with Gasteiger partial charge in [0.05, 0.1) is 6.42 Å². The van der Waals surface area contributed by atoms with Crippen LogP contribution in [-0.2, 0) is 11.2 Å². The van der Waals surface area contributed by atoms with E-state index < -0.39 is 12.5 Å². The molecule has 0 bridgehead atoms. The highest BCUT2D eigenvalue weighted by Gasteiger charge is 2.05. The zero-order chi connectivity index (χ0) is 12.0. The summed E-state index contributed by atoms with van der Waals surface area (Å²) in [4.78, 5) is 11.0. The van der Waals surface area contributed by atoms with E-state index in [9.17, 15) is 13.6 Å². The molecule has 0 atom stereocenters. The van der Waals surface area contributed by atoms with Gasteiger partial charge < -0.3 is 4.74 Å². The summed E-state index contributed by atoms with van der Waals surface area (Å²) in [5.41, 5.74) is 0.606. The van der Waals surface area contributed by atoms with Gasteiger partial charge in [0.1, 0.15) is 5.75 Å². The maximum absolute atomic E-state index is 11.8. The largest absolute Gasteiger partial charge is 0.435 e. The first-order chi connectivity index (χ1) is 7.61. The number of alkyl halides is 2. The van der Waals surface area contributed by atoms with Crippen LogP contribution >= 0.6 is 0 Å². The van der Waals surface area contributed by atoms with Crippen LogP contribution in [0, 0.1) is 11.5 Å². The van der Waals surface area contributed by atoms with Crippen molar-refractivity contribution in [2.45, 2.75) is 13.0 Å². The van der Waals surface area contributed by atoms with Gasteiger partial charge in [0, 0.05) is 0 Å². The topological polar surface area (TPSA) is 62.1 Å². The quantitative estimate of drug-likeness (QED) is 0.624. The van der Waals surface area contributed by atoms with Gasteiger partial charge in [-0.15, -0.1) is 0 Å². The SMILES string of the molecule is N#CNC(=O)Cc1ccc(OC(F)F)cc1. The van der Waals surface area contributed by atoms with Crippen LogP contribution in [0.4, 0.5) is 8.78 Å². The first-order valence-electron chi connectivity index (χ1n) is 4.33. The highest BCUT2D eigenvalue weighted by Crippen LogP contribution is 2.14. The molecule has 4 nitrogen and oxygen atoms in total. The Morgan fingerprint density at radius 1 is 1.44 bits per heavy atom. The fourth-order valence-electron chi connectivity index (χ4n) is 1.08. The van der Waals surface area contributed by atoms with Crippen LogP contribution in [0.15, 0.2) is 24.3 Å². The average molecular weight is 226 g/mol. The number of benzene rings is 1. The smallest absolute Gasteiger partial charge is 0.387 e. The molecule has 1 aromatic carbocycles. The Kier molecular flexibility index (Phi) is 4.21. The standard InChI is InChI=1S/C10H8F2N2O2/c11-10(12)16-8-3-1-7(2-4-8)5-9(15)14-6-13/h1-4,10H,5H2,(H,14,15). The van der Waals surface area contributed by atoms with Crippen LogP contribution in [0.25, 0.3) is 0 Å². The molecule has 16 heavy (non-hydrogen) atoms. The Balaban J connectivity index is 2.58. The second-order valence-corrected chi connectivity index (χ2v) is 2.86. The van der Waals surface area contributed by atoms with Crippen molar-refractivity contribution in [2.24, 2.45) is 0 Å². The van der Waals surface area contributed by atoms with Gasteiger partial charge in [-0.2, -0.15) is 14.0 Å².